The zero-order valence-corrected chi connectivity index (χ0v) is 11.5. The van der Waals surface area contributed by atoms with Gasteiger partial charge in [0.25, 0.3) is 0 Å². The Balaban J connectivity index is 2.80. The molecule has 1 rings (SSSR count). The Bertz CT molecular complexity index is 373. The molecule has 0 aliphatic carbocycles. The summed E-state index contributed by atoms with van der Waals surface area (Å²) in [5.41, 5.74) is 0.850. The van der Waals surface area contributed by atoms with Gasteiger partial charge in [0.05, 0.1) is 10.6 Å². The van der Waals surface area contributed by atoms with Crippen LogP contribution in [-0.2, 0) is 0 Å². The molecule has 1 atom stereocenters. The summed E-state index contributed by atoms with van der Waals surface area (Å²) in [7, 11) is 2.04. The third kappa shape index (κ3) is 3.04. The molecule has 0 fully saturated rings. The molecular weight excluding hydrogens is 220 g/mol. The molecule has 0 saturated heterocycles. The first-order valence-corrected chi connectivity index (χ1v) is 6.46. The Hall–Kier alpha value is -0.900. The van der Waals surface area contributed by atoms with Crippen molar-refractivity contribution in [2.45, 2.75) is 34.1 Å². The van der Waals surface area contributed by atoms with Crippen molar-refractivity contribution in [3.05, 3.63) is 10.6 Å². The van der Waals surface area contributed by atoms with Crippen LogP contribution in [0, 0.1) is 12.8 Å². The standard InChI is InChI=1S/C12H20N2OS/c1-6-8(2)7-14(5)12-13-9(3)11(16-12)10(4)15/h8H,6-7H2,1-5H3. The fourth-order valence-corrected chi connectivity index (χ4v) is 2.48. The van der Waals surface area contributed by atoms with E-state index >= 15 is 0 Å². The first-order chi connectivity index (χ1) is 7.45. The van der Waals surface area contributed by atoms with Crippen LogP contribution in [0.5, 0.6) is 0 Å². The van der Waals surface area contributed by atoms with Crippen LogP contribution >= 0.6 is 11.3 Å². The second kappa shape index (κ2) is 5.43. The lowest BCUT2D eigenvalue weighted by molar-refractivity contribution is 0.102. The normalized spacial score (nSPS) is 12.6. The monoisotopic (exact) mass is 240 g/mol. The molecule has 0 aliphatic rings. The topological polar surface area (TPSA) is 33.2 Å². The molecule has 0 amide bonds. The largest absolute Gasteiger partial charge is 0.351 e. The van der Waals surface area contributed by atoms with E-state index in [1.54, 1.807) is 6.92 Å². The number of aryl methyl sites for hydroxylation is 1. The van der Waals surface area contributed by atoms with Gasteiger partial charge in [0.1, 0.15) is 0 Å². The van der Waals surface area contributed by atoms with Crippen molar-refractivity contribution in [2.24, 2.45) is 5.92 Å². The van der Waals surface area contributed by atoms with E-state index in [0.717, 1.165) is 28.7 Å². The smallest absolute Gasteiger partial charge is 0.185 e. The van der Waals surface area contributed by atoms with Crippen molar-refractivity contribution in [3.8, 4) is 0 Å². The minimum atomic E-state index is 0.109. The summed E-state index contributed by atoms with van der Waals surface area (Å²) < 4.78 is 0. The first kappa shape index (κ1) is 13.2. The highest BCUT2D eigenvalue weighted by molar-refractivity contribution is 7.17. The molecule has 0 radical (unpaired) electrons. The predicted octanol–water partition coefficient (Wildman–Crippen LogP) is 3.14. The average molecular weight is 240 g/mol. The van der Waals surface area contributed by atoms with Crippen LogP contribution in [0.4, 0.5) is 5.13 Å². The summed E-state index contributed by atoms with van der Waals surface area (Å²) in [5.74, 6) is 0.758. The minimum absolute atomic E-state index is 0.109. The van der Waals surface area contributed by atoms with Crippen LogP contribution in [0.1, 0.15) is 42.6 Å². The van der Waals surface area contributed by atoms with E-state index in [1.807, 2.05) is 14.0 Å². The summed E-state index contributed by atoms with van der Waals surface area (Å²) in [6, 6.07) is 0. The van der Waals surface area contributed by atoms with E-state index in [9.17, 15) is 4.79 Å². The summed E-state index contributed by atoms with van der Waals surface area (Å²) in [6.07, 6.45) is 1.16. The number of aromatic nitrogens is 1. The van der Waals surface area contributed by atoms with Crippen molar-refractivity contribution in [1.29, 1.82) is 0 Å². The number of rotatable bonds is 5. The zero-order chi connectivity index (χ0) is 12.3. The quantitative estimate of drug-likeness (QED) is 0.741. The van der Waals surface area contributed by atoms with Gasteiger partial charge in [-0.15, -0.1) is 0 Å². The molecule has 0 aromatic carbocycles. The molecule has 16 heavy (non-hydrogen) atoms. The molecule has 90 valence electrons. The van der Waals surface area contributed by atoms with Crippen LogP contribution < -0.4 is 4.90 Å². The highest BCUT2D eigenvalue weighted by Gasteiger charge is 2.15. The van der Waals surface area contributed by atoms with Crippen LogP contribution in [-0.4, -0.2) is 24.4 Å². The fourth-order valence-electron chi connectivity index (χ4n) is 1.55. The van der Waals surface area contributed by atoms with E-state index in [2.05, 4.69) is 23.7 Å². The molecule has 1 heterocycles. The molecule has 0 saturated carbocycles. The van der Waals surface area contributed by atoms with Crippen molar-refractivity contribution in [2.75, 3.05) is 18.5 Å². The molecule has 1 aromatic rings. The summed E-state index contributed by atoms with van der Waals surface area (Å²) >= 11 is 1.49. The van der Waals surface area contributed by atoms with E-state index in [4.69, 9.17) is 0 Å². The first-order valence-electron chi connectivity index (χ1n) is 5.65. The van der Waals surface area contributed by atoms with Gasteiger partial charge in [-0.1, -0.05) is 31.6 Å². The molecule has 3 nitrogen and oxygen atoms in total. The lowest BCUT2D eigenvalue weighted by atomic mass is 10.1. The Morgan fingerprint density at radius 3 is 2.62 bits per heavy atom. The number of hydrogen-bond donors (Lipinski definition) is 0. The molecule has 0 N–H and O–H groups in total. The van der Waals surface area contributed by atoms with E-state index < -0.39 is 0 Å². The van der Waals surface area contributed by atoms with Gasteiger partial charge in [-0.05, 0) is 12.8 Å². The lowest BCUT2D eigenvalue weighted by Crippen LogP contribution is -2.23. The lowest BCUT2D eigenvalue weighted by Gasteiger charge is -2.19. The second-order valence-electron chi connectivity index (χ2n) is 4.36. The molecule has 0 spiro atoms. The molecule has 4 heteroatoms. The minimum Gasteiger partial charge on any atom is -0.351 e. The summed E-state index contributed by atoms with van der Waals surface area (Å²) in [6.45, 7) is 8.89. The van der Waals surface area contributed by atoms with Gasteiger partial charge >= 0.3 is 0 Å². The van der Waals surface area contributed by atoms with Crippen molar-refractivity contribution >= 4 is 22.3 Å². The number of thiazole rings is 1. The number of nitrogens with zero attached hydrogens (tertiary/aromatic N) is 2. The van der Waals surface area contributed by atoms with Gasteiger partial charge in [-0.3, -0.25) is 4.79 Å². The van der Waals surface area contributed by atoms with Crippen LogP contribution in [0.3, 0.4) is 0 Å². The van der Waals surface area contributed by atoms with E-state index in [1.165, 1.54) is 11.3 Å². The van der Waals surface area contributed by atoms with Gasteiger partial charge in [-0.25, -0.2) is 4.98 Å². The van der Waals surface area contributed by atoms with Crippen LogP contribution in [0.2, 0.25) is 0 Å². The van der Waals surface area contributed by atoms with Crippen molar-refractivity contribution in [3.63, 3.8) is 0 Å². The maximum Gasteiger partial charge on any atom is 0.185 e. The molecule has 1 unspecified atom stereocenters. The fraction of sp³-hybridized carbons (Fsp3) is 0.667. The van der Waals surface area contributed by atoms with E-state index in [0.29, 0.717) is 5.92 Å². The maximum atomic E-state index is 11.3. The average Bonchev–Trinajstić information content (AvgIpc) is 2.60. The molecule has 0 bridgehead atoms. The van der Waals surface area contributed by atoms with Gasteiger partial charge in [0, 0.05) is 20.5 Å². The number of Topliss-reactive ketones (excluding diaryl/α,β-unsaturated/α-hetero) is 1. The Morgan fingerprint density at radius 2 is 2.19 bits per heavy atom. The number of hydrogen-bond acceptors (Lipinski definition) is 4. The Labute approximate surface area is 101 Å². The predicted molar refractivity (Wildman–Crippen MR) is 69.6 cm³/mol. The summed E-state index contributed by atoms with van der Waals surface area (Å²) in [5, 5.41) is 0.947. The number of anilines is 1. The highest BCUT2D eigenvalue weighted by Crippen LogP contribution is 2.26. The Kier molecular flexibility index (Phi) is 4.47. The maximum absolute atomic E-state index is 11.3. The van der Waals surface area contributed by atoms with Crippen LogP contribution in [0.15, 0.2) is 0 Å². The van der Waals surface area contributed by atoms with Gasteiger partial charge in [0.2, 0.25) is 0 Å². The third-order valence-corrected chi connectivity index (χ3v) is 4.09. The molecule has 0 aliphatic heterocycles. The van der Waals surface area contributed by atoms with Crippen molar-refractivity contribution in [1.82, 2.24) is 4.98 Å². The van der Waals surface area contributed by atoms with Crippen LogP contribution in [0.25, 0.3) is 0 Å². The van der Waals surface area contributed by atoms with Gasteiger partial charge in [-0.2, -0.15) is 0 Å². The zero-order valence-electron chi connectivity index (χ0n) is 10.7. The van der Waals surface area contributed by atoms with Gasteiger partial charge in [0.15, 0.2) is 10.9 Å². The third-order valence-electron chi connectivity index (χ3n) is 2.71. The van der Waals surface area contributed by atoms with Crippen molar-refractivity contribution < 1.29 is 4.79 Å². The second-order valence-corrected chi connectivity index (χ2v) is 5.34. The number of carbonyl (C=O) groups is 1. The summed E-state index contributed by atoms with van der Waals surface area (Å²) in [4.78, 5) is 18.7. The Morgan fingerprint density at radius 1 is 1.56 bits per heavy atom. The number of carbonyl (C=O) groups excluding carboxylic acids is 1. The SMILES string of the molecule is CCC(C)CN(C)c1nc(C)c(C(C)=O)s1. The number of ketones is 1. The van der Waals surface area contributed by atoms with Gasteiger partial charge < -0.3 is 4.90 Å². The molecule has 1 aromatic heterocycles. The van der Waals surface area contributed by atoms with E-state index in [-0.39, 0.29) is 5.78 Å². The molecular formula is C12H20N2OS. The highest BCUT2D eigenvalue weighted by atomic mass is 32.1.